The van der Waals surface area contributed by atoms with Crippen LogP contribution in [0.25, 0.3) is 0 Å². The lowest BCUT2D eigenvalue weighted by molar-refractivity contribution is -0.146. The zero-order valence-electron chi connectivity index (χ0n) is 10.6. The zero-order chi connectivity index (χ0) is 12.8. The molecule has 0 N–H and O–H groups in total. The predicted molar refractivity (Wildman–Crippen MR) is 70.0 cm³/mol. The third-order valence-electron chi connectivity index (χ3n) is 3.32. The number of benzene rings is 1. The van der Waals surface area contributed by atoms with E-state index in [0.717, 1.165) is 25.7 Å². The van der Waals surface area contributed by atoms with E-state index in [1.807, 2.05) is 18.2 Å². The van der Waals surface area contributed by atoms with Crippen molar-refractivity contribution >= 4 is 11.8 Å². The third-order valence-corrected chi connectivity index (χ3v) is 3.32. The smallest absolute Gasteiger partial charge is 0.229 e. The summed E-state index contributed by atoms with van der Waals surface area (Å²) in [5.41, 5.74) is 1.25. The third kappa shape index (κ3) is 3.42. The van der Waals surface area contributed by atoms with Crippen molar-refractivity contribution in [1.82, 2.24) is 4.90 Å². The summed E-state index contributed by atoms with van der Waals surface area (Å²) in [7, 11) is 0. The molecule has 1 heterocycles. The second kappa shape index (κ2) is 6.34. The van der Waals surface area contributed by atoms with Gasteiger partial charge in [0, 0.05) is 19.4 Å². The lowest BCUT2D eigenvalue weighted by Crippen LogP contribution is -2.40. The number of hydrogen-bond donors (Lipinski definition) is 0. The van der Waals surface area contributed by atoms with E-state index < -0.39 is 0 Å². The summed E-state index contributed by atoms with van der Waals surface area (Å²) >= 11 is 0. The van der Waals surface area contributed by atoms with Gasteiger partial charge < -0.3 is 0 Å². The fourth-order valence-corrected chi connectivity index (χ4v) is 2.29. The van der Waals surface area contributed by atoms with Gasteiger partial charge in [-0.25, -0.2) is 0 Å². The number of rotatable bonds is 4. The Bertz CT molecular complexity index is 414. The van der Waals surface area contributed by atoms with Gasteiger partial charge in [-0.3, -0.25) is 14.5 Å². The van der Waals surface area contributed by atoms with Crippen LogP contribution in [0.2, 0.25) is 0 Å². The monoisotopic (exact) mass is 245 g/mol. The van der Waals surface area contributed by atoms with E-state index in [1.54, 1.807) is 0 Å². The molecule has 2 amide bonds. The molecular weight excluding hydrogens is 226 g/mol. The molecule has 0 bridgehead atoms. The normalized spacial score (nSPS) is 15.8. The summed E-state index contributed by atoms with van der Waals surface area (Å²) in [5.74, 6) is 0.00147. The van der Waals surface area contributed by atoms with Crippen molar-refractivity contribution in [2.75, 3.05) is 6.54 Å². The van der Waals surface area contributed by atoms with Crippen LogP contribution in [0.3, 0.4) is 0 Å². The van der Waals surface area contributed by atoms with Crippen molar-refractivity contribution in [3.8, 4) is 0 Å². The Hall–Kier alpha value is -1.64. The van der Waals surface area contributed by atoms with Crippen LogP contribution in [0.15, 0.2) is 30.3 Å². The van der Waals surface area contributed by atoms with Crippen LogP contribution in [0.1, 0.15) is 37.7 Å². The number of carbonyl (C=O) groups is 2. The molecule has 1 fully saturated rings. The molecule has 2 rings (SSSR count). The van der Waals surface area contributed by atoms with Crippen molar-refractivity contribution in [2.45, 2.75) is 38.5 Å². The topological polar surface area (TPSA) is 37.4 Å². The van der Waals surface area contributed by atoms with Crippen molar-refractivity contribution in [3.63, 3.8) is 0 Å². The Labute approximate surface area is 108 Å². The molecule has 1 saturated heterocycles. The lowest BCUT2D eigenvalue weighted by Gasteiger charge is -2.24. The Morgan fingerprint density at radius 1 is 1.17 bits per heavy atom. The molecule has 1 aromatic rings. The fraction of sp³-hybridized carbons (Fsp3) is 0.467. The van der Waals surface area contributed by atoms with Crippen molar-refractivity contribution in [1.29, 1.82) is 0 Å². The minimum absolute atomic E-state index is 0.00405. The van der Waals surface area contributed by atoms with Crippen molar-refractivity contribution in [2.24, 2.45) is 0 Å². The maximum absolute atomic E-state index is 11.9. The largest absolute Gasteiger partial charge is 0.283 e. The van der Waals surface area contributed by atoms with Gasteiger partial charge in [-0.05, 0) is 31.2 Å². The van der Waals surface area contributed by atoms with Crippen LogP contribution in [0.4, 0.5) is 0 Å². The summed E-state index contributed by atoms with van der Waals surface area (Å²) in [4.78, 5) is 24.9. The highest BCUT2D eigenvalue weighted by Crippen LogP contribution is 2.13. The molecular formula is C15H19NO2. The minimum Gasteiger partial charge on any atom is -0.283 e. The molecule has 1 aliphatic heterocycles. The first-order valence-corrected chi connectivity index (χ1v) is 6.64. The SMILES string of the molecule is O=C1CCCCN1C(=O)CCCc1ccccc1. The molecule has 3 heteroatoms. The highest BCUT2D eigenvalue weighted by atomic mass is 16.2. The average molecular weight is 245 g/mol. The molecule has 0 unspecified atom stereocenters. The molecule has 18 heavy (non-hydrogen) atoms. The molecule has 1 aromatic carbocycles. The van der Waals surface area contributed by atoms with Crippen LogP contribution in [-0.4, -0.2) is 23.3 Å². The van der Waals surface area contributed by atoms with E-state index in [4.69, 9.17) is 0 Å². The van der Waals surface area contributed by atoms with E-state index in [1.165, 1.54) is 10.5 Å². The highest BCUT2D eigenvalue weighted by Gasteiger charge is 2.23. The van der Waals surface area contributed by atoms with Crippen LogP contribution < -0.4 is 0 Å². The van der Waals surface area contributed by atoms with Gasteiger partial charge in [0.05, 0.1) is 0 Å². The first kappa shape index (κ1) is 12.8. The maximum Gasteiger partial charge on any atom is 0.229 e. The number of carbonyl (C=O) groups excluding carboxylic acids is 2. The molecule has 0 spiro atoms. The Balaban J connectivity index is 1.76. The number of hydrogen-bond acceptors (Lipinski definition) is 2. The molecule has 0 atom stereocenters. The average Bonchev–Trinajstić information content (AvgIpc) is 2.40. The van der Waals surface area contributed by atoms with E-state index >= 15 is 0 Å². The van der Waals surface area contributed by atoms with Crippen LogP contribution in [-0.2, 0) is 16.0 Å². The molecule has 0 radical (unpaired) electrons. The summed E-state index contributed by atoms with van der Waals surface area (Å²) in [5, 5.41) is 0. The van der Waals surface area contributed by atoms with Gasteiger partial charge in [-0.2, -0.15) is 0 Å². The Morgan fingerprint density at radius 3 is 2.67 bits per heavy atom. The quantitative estimate of drug-likeness (QED) is 0.817. The number of nitrogens with zero attached hydrogens (tertiary/aromatic N) is 1. The molecule has 1 aliphatic rings. The summed E-state index contributed by atoms with van der Waals surface area (Å²) in [6, 6.07) is 10.1. The van der Waals surface area contributed by atoms with Gasteiger partial charge in [-0.1, -0.05) is 30.3 Å². The molecule has 0 aliphatic carbocycles. The van der Waals surface area contributed by atoms with Crippen molar-refractivity contribution in [3.05, 3.63) is 35.9 Å². The number of imide groups is 1. The standard InChI is InChI=1S/C15H19NO2/c17-14-10-4-5-12-16(14)15(18)11-6-9-13-7-2-1-3-8-13/h1-3,7-8H,4-6,9-12H2. The Kier molecular flexibility index (Phi) is 4.51. The highest BCUT2D eigenvalue weighted by molar-refractivity contribution is 5.95. The molecule has 0 aromatic heterocycles. The maximum atomic E-state index is 11.9. The van der Waals surface area contributed by atoms with Crippen LogP contribution in [0, 0.1) is 0 Å². The first-order chi connectivity index (χ1) is 8.77. The summed E-state index contributed by atoms with van der Waals surface area (Å²) < 4.78 is 0. The molecule has 0 saturated carbocycles. The van der Waals surface area contributed by atoms with Gasteiger partial charge in [0.2, 0.25) is 11.8 Å². The lowest BCUT2D eigenvalue weighted by atomic mass is 10.1. The van der Waals surface area contributed by atoms with E-state index in [0.29, 0.717) is 19.4 Å². The van der Waals surface area contributed by atoms with Crippen LogP contribution >= 0.6 is 0 Å². The summed E-state index contributed by atoms with van der Waals surface area (Å²) in [6.45, 7) is 0.614. The van der Waals surface area contributed by atoms with Gasteiger partial charge in [0.15, 0.2) is 0 Å². The second-order valence-electron chi connectivity index (χ2n) is 4.74. The zero-order valence-corrected chi connectivity index (χ0v) is 10.6. The minimum atomic E-state index is -0.00405. The van der Waals surface area contributed by atoms with Crippen LogP contribution in [0.5, 0.6) is 0 Å². The fourth-order valence-electron chi connectivity index (χ4n) is 2.29. The van der Waals surface area contributed by atoms with Gasteiger partial charge >= 0.3 is 0 Å². The first-order valence-electron chi connectivity index (χ1n) is 6.64. The second-order valence-corrected chi connectivity index (χ2v) is 4.74. The van der Waals surface area contributed by atoms with Gasteiger partial charge in [-0.15, -0.1) is 0 Å². The number of amides is 2. The summed E-state index contributed by atoms with van der Waals surface area (Å²) in [6.07, 6.45) is 4.59. The van der Waals surface area contributed by atoms with E-state index in [9.17, 15) is 9.59 Å². The van der Waals surface area contributed by atoms with Gasteiger partial charge in [0.1, 0.15) is 0 Å². The number of piperidine rings is 1. The molecule has 3 nitrogen and oxygen atoms in total. The van der Waals surface area contributed by atoms with E-state index in [-0.39, 0.29) is 11.8 Å². The molecule has 96 valence electrons. The number of likely N-dealkylation sites (tertiary alicyclic amines) is 1. The predicted octanol–water partition coefficient (Wildman–Crippen LogP) is 2.55. The number of aryl methyl sites for hydroxylation is 1. The Morgan fingerprint density at radius 2 is 1.94 bits per heavy atom. The van der Waals surface area contributed by atoms with Gasteiger partial charge in [0.25, 0.3) is 0 Å². The van der Waals surface area contributed by atoms with Crippen molar-refractivity contribution < 1.29 is 9.59 Å². The van der Waals surface area contributed by atoms with E-state index in [2.05, 4.69) is 12.1 Å².